The average molecular weight is 379 g/mol. The standard InChI is InChI=1S/C12H17N3O5S3/c1-8-13-9(5-21-8)12(16)14-3-4-15(22(2,17)18)11-7-23(19,20)6-10(11)14/h5,10-11H,3-4,6-7H2,1-2H3/t10-,11+/m0/s1. The molecule has 3 heterocycles. The number of sulfone groups is 1. The fourth-order valence-corrected chi connectivity index (χ4v) is 6.98. The topological polar surface area (TPSA) is 105 Å². The number of amides is 1. The van der Waals surface area contributed by atoms with E-state index in [9.17, 15) is 21.6 Å². The van der Waals surface area contributed by atoms with Crippen molar-refractivity contribution in [3.8, 4) is 0 Å². The molecule has 0 bridgehead atoms. The van der Waals surface area contributed by atoms with Crippen molar-refractivity contribution in [2.75, 3.05) is 30.9 Å². The molecule has 8 nitrogen and oxygen atoms in total. The molecular formula is C12H17N3O5S3. The number of carbonyl (C=O) groups is 1. The third kappa shape index (κ3) is 3.14. The van der Waals surface area contributed by atoms with Crippen LogP contribution < -0.4 is 0 Å². The van der Waals surface area contributed by atoms with Crippen molar-refractivity contribution >= 4 is 37.1 Å². The van der Waals surface area contributed by atoms with Crippen LogP contribution >= 0.6 is 11.3 Å². The van der Waals surface area contributed by atoms with Gasteiger partial charge in [-0.1, -0.05) is 0 Å². The Morgan fingerprint density at radius 2 is 1.96 bits per heavy atom. The Balaban J connectivity index is 1.94. The quantitative estimate of drug-likeness (QED) is 0.675. The molecule has 1 aromatic heterocycles. The number of thiazole rings is 1. The van der Waals surface area contributed by atoms with Gasteiger partial charge < -0.3 is 4.90 Å². The van der Waals surface area contributed by atoms with Crippen LogP contribution in [0.25, 0.3) is 0 Å². The highest BCUT2D eigenvalue weighted by atomic mass is 32.2. The van der Waals surface area contributed by atoms with Crippen LogP contribution in [-0.4, -0.2) is 79.9 Å². The SMILES string of the molecule is Cc1nc(C(=O)N2CCN(S(C)(=O)=O)[C@@H]3CS(=O)(=O)C[C@@H]32)cs1. The van der Waals surface area contributed by atoms with E-state index in [0.29, 0.717) is 0 Å². The predicted octanol–water partition coefficient (Wildman–Crippen LogP) is -0.665. The highest BCUT2D eigenvalue weighted by molar-refractivity contribution is 7.92. The first-order valence-corrected chi connectivity index (χ1v) is 11.5. The van der Waals surface area contributed by atoms with Crippen molar-refractivity contribution in [2.24, 2.45) is 0 Å². The maximum atomic E-state index is 12.6. The van der Waals surface area contributed by atoms with Crippen molar-refractivity contribution in [1.29, 1.82) is 0 Å². The van der Waals surface area contributed by atoms with E-state index in [-0.39, 0.29) is 36.2 Å². The first-order valence-electron chi connectivity index (χ1n) is 6.99. The molecule has 2 aliphatic heterocycles. The van der Waals surface area contributed by atoms with E-state index in [1.807, 2.05) is 0 Å². The number of aryl methyl sites for hydroxylation is 1. The number of hydrogen-bond acceptors (Lipinski definition) is 7. The van der Waals surface area contributed by atoms with E-state index in [2.05, 4.69) is 4.98 Å². The van der Waals surface area contributed by atoms with Gasteiger partial charge in [-0.2, -0.15) is 4.31 Å². The van der Waals surface area contributed by atoms with Crippen LogP contribution in [0.4, 0.5) is 0 Å². The number of piperazine rings is 1. The summed E-state index contributed by atoms with van der Waals surface area (Å²) in [4.78, 5) is 18.2. The van der Waals surface area contributed by atoms with E-state index in [4.69, 9.17) is 0 Å². The molecule has 0 aromatic carbocycles. The third-order valence-electron chi connectivity index (χ3n) is 4.15. The van der Waals surface area contributed by atoms with E-state index >= 15 is 0 Å². The minimum Gasteiger partial charge on any atom is -0.330 e. The summed E-state index contributed by atoms with van der Waals surface area (Å²) in [5, 5.41) is 2.39. The number of sulfonamides is 1. The first-order chi connectivity index (χ1) is 10.6. The number of carbonyl (C=O) groups excluding carboxylic acids is 1. The Hall–Kier alpha value is -1.04. The maximum absolute atomic E-state index is 12.6. The van der Waals surface area contributed by atoms with Crippen molar-refractivity contribution < 1.29 is 21.6 Å². The van der Waals surface area contributed by atoms with Gasteiger partial charge in [-0.15, -0.1) is 11.3 Å². The molecule has 0 radical (unpaired) electrons. The molecule has 11 heteroatoms. The highest BCUT2D eigenvalue weighted by Gasteiger charge is 2.50. The zero-order valence-electron chi connectivity index (χ0n) is 12.7. The lowest BCUT2D eigenvalue weighted by Crippen LogP contribution is -2.61. The van der Waals surface area contributed by atoms with Gasteiger partial charge in [0.1, 0.15) is 5.69 Å². The number of aromatic nitrogens is 1. The number of rotatable bonds is 2. The van der Waals surface area contributed by atoms with Crippen molar-refractivity contribution in [2.45, 2.75) is 19.0 Å². The van der Waals surface area contributed by atoms with E-state index in [1.165, 1.54) is 20.5 Å². The maximum Gasteiger partial charge on any atom is 0.273 e. The third-order valence-corrected chi connectivity index (χ3v) is 7.93. The van der Waals surface area contributed by atoms with Crippen LogP contribution in [0.3, 0.4) is 0 Å². The van der Waals surface area contributed by atoms with Crippen molar-refractivity contribution in [3.63, 3.8) is 0 Å². The van der Waals surface area contributed by atoms with Crippen LogP contribution in [0.5, 0.6) is 0 Å². The van der Waals surface area contributed by atoms with Crippen molar-refractivity contribution in [1.82, 2.24) is 14.2 Å². The molecule has 1 aromatic rings. The molecule has 1 amide bonds. The molecule has 3 rings (SSSR count). The number of nitrogens with zero attached hydrogens (tertiary/aromatic N) is 3. The smallest absolute Gasteiger partial charge is 0.273 e. The molecule has 0 saturated carbocycles. The summed E-state index contributed by atoms with van der Waals surface area (Å²) in [6.07, 6.45) is 1.07. The molecule has 2 aliphatic rings. The summed E-state index contributed by atoms with van der Waals surface area (Å²) in [6, 6.07) is -1.37. The zero-order valence-corrected chi connectivity index (χ0v) is 15.1. The Labute approximate surface area is 139 Å². The predicted molar refractivity (Wildman–Crippen MR) is 85.7 cm³/mol. The molecule has 2 fully saturated rings. The minimum atomic E-state index is -3.52. The zero-order chi connectivity index (χ0) is 17.0. The van der Waals surface area contributed by atoms with Gasteiger partial charge in [0.05, 0.1) is 34.9 Å². The lowest BCUT2D eigenvalue weighted by atomic mass is 10.1. The van der Waals surface area contributed by atoms with Gasteiger partial charge in [-0.25, -0.2) is 21.8 Å². The summed E-state index contributed by atoms with van der Waals surface area (Å²) >= 11 is 1.34. The Bertz CT molecular complexity index is 845. The molecule has 0 spiro atoms. The molecule has 23 heavy (non-hydrogen) atoms. The second-order valence-electron chi connectivity index (χ2n) is 5.84. The van der Waals surface area contributed by atoms with Crippen LogP contribution in [0.1, 0.15) is 15.5 Å². The van der Waals surface area contributed by atoms with Gasteiger partial charge in [0, 0.05) is 18.5 Å². The number of fused-ring (bicyclic) bond motifs is 1. The Morgan fingerprint density at radius 1 is 1.30 bits per heavy atom. The fraction of sp³-hybridized carbons (Fsp3) is 0.667. The van der Waals surface area contributed by atoms with E-state index in [0.717, 1.165) is 11.3 Å². The summed E-state index contributed by atoms with van der Waals surface area (Å²) in [7, 11) is -6.91. The van der Waals surface area contributed by atoms with Gasteiger partial charge in [0.25, 0.3) is 5.91 Å². The summed E-state index contributed by atoms with van der Waals surface area (Å²) < 4.78 is 49.0. The van der Waals surface area contributed by atoms with Gasteiger partial charge in [0.2, 0.25) is 10.0 Å². The van der Waals surface area contributed by atoms with E-state index < -0.39 is 31.9 Å². The Kier molecular flexibility index (Phi) is 4.02. The highest BCUT2D eigenvalue weighted by Crippen LogP contribution is 2.29. The summed E-state index contributed by atoms with van der Waals surface area (Å²) in [5.41, 5.74) is 0.281. The second kappa shape index (κ2) is 5.50. The second-order valence-corrected chi connectivity index (χ2v) is 11.0. The average Bonchev–Trinajstić information content (AvgIpc) is 2.97. The minimum absolute atomic E-state index is 0.102. The molecule has 2 atom stereocenters. The lowest BCUT2D eigenvalue weighted by molar-refractivity contribution is 0.0511. The monoisotopic (exact) mass is 379 g/mol. The molecule has 0 N–H and O–H groups in total. The van der Waals surface area contributed by atoms with Gasteiger partial charge in [-0.05, 0) is 6.92 Å². The van der Waals surface area contributed by atoms with Crippen LogP contribution in [0, 0.1) is 6.92 Å². The Morgan fingerprint density at radius 3 is 2.52 bits per heavy atom. The molecule has 128 valence electrons. The van der Waals surface area contributed by atoms with E-state index in [1.54, 1.807) is 12.3 Å². The summed E-state index contributed by atoms with van der Waals surface area (Å²) in [5.74, 6) is -0.794. The molecule has 2 saturated heterocycles. The fourth-order valence-electron chi connectivity index (χ4n) is 3.19. The van der Waals surface area contributed by atoms with Crippen LogP contribution in [-0.2, 0) is 19.9 Å². The normalized spacial score (nSPS) is 27.8. The molecule has 0 aliphatic carbocycles. The first kappa shape index (κ1) is 16.8. The van der Waals surface area contributed by atoms with Gasteiger partial charge >= 0.3 is 0 Å². The van der Waals surface area contributed by atoms with Gasteiger partial charge in [0.15, 0.2) is 9.84 Å². The van der Waals surface area contributed by atoms with Crippen LogP contribution in [0.15, 0.2) is 5.38 Å². The largest absolute Gasteiger partial charge is 0.330 e. The molecular weight excluding hydrogens is 362 g/mol. The summed E-state index contributed by atoms with van der Waals surface area (Å²) in [6.45, 7) is 2.05. The molecule has 0 unspecified atom stereocenters. The lowest BCUT2D eigenvalue weighted by Gasteiger charge is -2.42. The van der Waals surface area contributed by atoms with Crippen molar-refractivity contribution in [3.05, 3.63) is 16.1 Å². The van der Waals surface area contributed by atoms with Gasteiger partial charge in [-0.3, -0.25) is 4.79 Å². The number of hydrogen-bond donors (Lipinski definition) is 0. The van der Waals surface area contributed by atoms with Crippen LogP contribution in [0.2, 0.25) is 0 Å².